The number of aromatic nitrogens is 2. The number of hydrogen-bond donors (Lipinski definition) is 2. The van der Waals surface area contributed by atoms with Crippen LogP contribution in [0.4, 0.5) is 5.82 Å². The predicted octanol–water partition coefficient (Wildman–Crippen LogP) is 0.761. The van der Waals surface area contributed by atoms with Crippen LogP contribution in [0.1, 0.15) is 25.1 Å². The lowest BCUT2D eigenvalue weighted by Crippen LogP contribution is -2.28. The fourth-order valence-corrected chi connectivity index (χ4v) is 1.74. The van der Waals surface area contributed by atoms with Crippen molar-refractivity contribution in [3.05, 3.63) is 11.8 Å². The monoisotopic (exact) mass is 180 g/mol. The molecule has 1 unspecified atom stereocenters. The van der Waals surface area contributed by atoms with Gasteiger partial charge in [0, 0.05) is 19.2 Å². The van der Waals surface area contributed by atoms with Gasteiger partial charge in [0.2, 0.25) is 0 Å². The van der Waals surface area contributed by atoms with Gasteiger partial charge in [-0.05, 0) is 12.8 Å². The fourth-order valence-electron chi connectivity index (χ4n) is 1.74. The first kappa shape index (κ1) is 8.56. The highest BCUT2D eigenvalue weighted by Gasteiger charge is 2.19. The van der Waals surface area contributed by atoms with Crippen LogP contribution in [0.15, 0.2) is 6.07 Å². The van der Waals surface area contributed by atoms with Crippen molar-refractivity contribution in [2.24, 2.45) is 5.73 Å². The van der Waals surface area contributed by atoms with Gasteiger partial charge in [0.05, 0.1) is 11.7 Å². The Morgan fingerprint density at radius 2 is 2.62 bits per heavy atom. The molecule has 2 rings (SSSR count). The molecule has 4 heteroatoms. The largest absolute Gasteiger partial charge is 0.370 e. The van der Waals surface area contributed by atoms with Crippen molar-refractivity contribution in [2.45, 2.75) is 25.8 Å². The second-order valence-electron chi connectivity index (χ2n) is 3.42. The van der Waals surface area contributed by atoms with Crippen molar-refractivity contribution in [3.8, 4) is 0 Å². The van der Waals surface area contributed by atoms with Gasteiger partial charge in [-0.2, -0.15) is 5.10 Å². The summed E-state index contributed by atoms with van der Waals surface area (Å²) in [5.74, 6) is 1.12. The Hall–Kier alpha value is -1.03. The van der Waals surface area contributed by atoms with Crippen LogP contribution in [0.3, 0.4) is 0 Å². The maximum atomic E-state index is 5.68. The lowest BCUT2D eigenvalue weighted by atomic mass is 10.2. The van der Waals surface area contributed by atoms with E-state index in [2.05, 4.69) is 23.4 Å². The van der Waals surface area contributed by atoms with Crippen LogP contribution in [0.25, 0.3) is 0 Å². The molecule has 0 radical (unpaired) electrons. The number of anilines is 1. The molecular formula is C9H16N4. The molecule has 1 aromatic rings. The standard InChI is InChI=1S/C9H16N4/c1-2-7-5-9-11-4-3-8(6-10)13(9)12-7/h5,8,11H,2-4,6,10H2,1H3. The van der Waals surface area contributed by atoms with Crippen LogP contribution in [-0.2, 0) is 6.42 Å². The first-order valence-electron chi connectivity index (χ1n) is 4.87. The van der Waals surface area contributed by atoms with E-state index in [-0.39, 0.29) is 0 Å². The minimum atomic E-state index is 0.386. The van der Waals surface area contributed by atoms with E-state index in [4.69, 9.17) is 5.73 Å². The van der Waals surface area contributed by atoms with E-state index in [1.807, 2.05) is 4.68 Å². The van der Waals surface area contributed by atoms with Crippen LogP contribution in [0.2, 0.25) is 0 Å². The van der Waals surface area contributed by atoms with E-state index in [0.29, 0.717) is 12.6 Å². The highest BCUT2D eigenvalue weighted by molar-refractivity contribution is 5.39. The van der Waals surface area contributed by atoms with Gasteiger partial charge in [0.25, 0.3) is 0 Å². The van der Waals surface area contributed by atoms with Gasteiger partial charge >= 0.3 is 0 Å². The zero-order valence-electron chi connectivity index (χ0n) is 7.95. The Morgan fingerprint density at radius 1 is 1.77 bits per heavy atom. The zero-order valence-corrected chi connectivity index (χ0v) is 7.95. The van der Waals surface area contributed by atoms with Crippen LogP contribution < -0.4 is 11.1 Å². The van der Waals surface area contributed by atoms with Gasteiger partial charge < -0.3 is 11.1 Å². The molecule has 1 aromatic heterocycles. The summed E-state index contributed by atoms with van der Waals surface area (Å²) < 4.78 is 2.03. The molecule has 0 saturated heterocycles. The highest BCUT2D eigenvalue weighted by Crippen LogP contribution is 2.23. The molecule has 0 saturated carbocycles. The van der Waals surface area contributed by atoms with Crippen LogP contribution in [-0.4, -0.2) is 22.9 Å². The number of rotatable bonds is 2. The average Bonchev–Trinajstić information content (AvgIpc) is 2.59. The third kappa shape index (κ3) is 1.42. The molecule has 0 amide bonds. The van der Waals surface area contributed by atoms with Gasteiger partial charge in [-0.3, -0.25) is 0 Å². The van der Waals surface area contributed by atoms with Crippen molar-refractivity contribution < 1.29 is 0 Å². The molecular weight excluding hydrogens is 164 g/mol. The lowest BCUT2D eigenvalue weighted by molar-refractivity contribution is 0.425. The molecule has 0 bridgehead atoms. The molecule has 72 valence electrons. The van der Waals surface area contributed by atoms with Crippen molar-refractivity contribution in [1.29, 1.82) is 0 Å². The number of nitrogens with zero attached hydrogens (tertiary/aromatic N) is 2. The molecule has 1 aliphatic rings. The summed E-state index contributed by atoms with van der Waals surface area (Å²) in [7, 11) is 0. The minimum Gasteiger partial charge on any atom is -0.370 e. The smallest absolute Gasteiger partial charge is 0.124 e. The van der Waals surface area contributed by atoms with Gasteiger partial charge in [-0.25, -0.2) is 4.68 Å². The molecule has 13 heavy (non-hydrogen) atoms. The molecule has 1 aliphatic heterocycles. The molecule has 2 heterocycles. The summed E-state index contributed by atoms with van der Waals surface area (Å²) in [5.41, 5.74) is 6.82. The molecule has 0 aliphatic carbocycles. The Bertz CT molecular complexity index is 292. The van der Waals surface area contributed by atoms with Gasteiger partial charge in [0.1, 0.15) is 5.82 Å². The topological polar surface area (TPSA) is 55.9 Å². The number of hydrogen-bond acceptors (Lipinski definition) is 3. The SMILES string of the molecule is CCc1cc2n(n1)C(CN)CCN2. The average molecular weight is 180 g/mol. The van der Waals surface area contributed by atoms with E-state index in [1.165, 1.54) is 0 Å². The number of aryl methyl sites for hydroxylation is 1. The van der Waals surface area contributed by atoms with Crippen molar-refractivity contribution in [3.63, 3.8) is 0 Å². The van der Waals surface area contributed by atoms with E-state index in [0.717, 1.165) is 30.9 Å². The lowest BCUT2D eigenvalue weighted by Gasteiger charge is -2.24. The van der Waals surface area contributed by atoms with Crippen molar-refractivity contribution in [1.82, 2.24) is 9.78 Å². The van der Waals surface area contributed by atoms with E-state index >= 15 is 0 Å². The molecule has 4 nitrogen and oxygen atoms in total. The molecule has 0 spiro atoms. The number of fused-ring (bicyclic) bond motifs is 1. The second-order valence-corrected chi connectivity index (χ2v) is 3.42. The Labute approximate surface area is 78.1 Å². The predicted molar refractivity (Wildman–Crippen MR) is 52.8 cm³/mol. The molecule has 0 fully saturated rings. The molecule has 3 N–H and O–H groups in total. The van der Waals surface area contributed by atoms with Crippen LogP contribution >= 0.6 is 0 Å². The van der Waals surface area contributed by atoms with Gasteiger partial charge in [-0.15, -0.1) is 0 Å². The Balaban J connectivity index is 2.32. The van der Waals surface area contributed by atoms with Gasteiger partial charge in [-0.1, -0.05) is 6.92 Å². The van der Waals surface area contributed by atoms with Gasteiger partial charge in [0.15, 0.2) is 0 Å². The number of nitrogens with one attached hydrogen (secondary N) is 1. The Morgan fingerprint density at radius 3 is 3.31 bits per heavy atom. The summed E-state index contributed by atoms with van der Waals surface area (Å²) in [4.78, 5) is 0. The third-order valence-corrected chi connectivity index (χ3v) is 2.55. The number of nitrogens with two attached hydrogens (primary N) is 1. The van der Waals surface area contributed by atoms with E-state index in [9.17, 15) is 0 Å². The first-order valence-corrected chi connectivity index (χ1v) is 4.87. The summed E-state index contributed by atoms with van der Waals surface area (Å²) >= 11 is 0. The van der Waals surface area contributed by atoms with Crippen molar-refractivity contribution in [2.75, 3.05) is 18.4 Å². The second kappa shape index (κ2) is 3.38. The molecule has 1 atom stereocenters. The maximum absolute atomic E-state index is 5.68. The van der Waals surface area contributed by atoms with Crippen LogP contribution in [0.5, 0.6) is 0 Å². The molecule has 0 aromatic carbocycles. The van der Waals surface area contributed by atoms with Crippen LogP contribution in [0, 0.1) is 0 Å². The summed E-state index contributed by atoms with van der Waals surface area (Å²) in [6, 6.07) is 2.50. The quantitative estimate of drug-likeness (QED) is 0.706. The summed E-state index contributed by atoms with van der Waals surface area (Å²) in [5, 5.41) is 7.82. The van der Waals surface area contributed by atoms with E-state index in [1.54, 1.807) is 0 Å². The fraction of sp³-hybridized carbons (Fsp3) is 0.667. The zero-order chi connectivity index (χ0) is 9.26. The summed E-state index contributed by atoms with van der Waals surface area (Å²) in [6.07, 6.45) is 2.06. The minimum absolute atomic E-state index is 0.386. The normalized spacial score (nSPS) is 20.9. The van der Waals surface area contributed by atoms with Crippen molar-refractivity contribution >= 4 is 5.82 Å². The third-order valence-electron chi connectivity index (χ3n) is 2.55. The first-order chi connectivity index (χ1) is 6.35. The Kier molecular flexibility index (Phi) is 2.22. The highest BCUT2D eigenvalue weighted by atomic mass is 15.4. The van der Waals surface area contributed by atoms with E-state index < -0.39 is 0 Å². The summed E-state index contributed by atoms with van der Waals surface area (Å²) in [6.45, 7) is 3.81. The maximum Gasteiger partial charge on any atom is 0.124 e.